The summed E-state index contributed by atoms with van der Waals surface area (Å²) in [4.78, 5) is 4.87. The first-order chi connectivity index (χ1) is 10.2. The van der Waals surface area contributed by atoms with Crippen LogP contribution in [0.15, 0.2) is 60.8 Å². The Morgan fingerprint density at radius 3 is 2.48 bits per heavy atom. The van der Waals surface area contributed by atoms with Crippen LogP contribution in [0.1, 0.15) is 0 Å². The van der Waals surface area contributed by atoms with Gasteiger partial charge >= 0.3 is 0 Å². The minimum Gasteiger partial charge on any atom is -0.349 e. The minimum absolute atomic E-state index is 0.739. The van der Waals surface area contributed by atoms with Crippen LogP contribution in [0, 0.1) is 0 Å². The zero-order valence-corrected chi connectivity index (χ0v) is 12.3. The van der Waals surface area contributed by atoms with E-state index in [-0.39, 0.29) is 0 Å². The van der Waals surface area contributed by atoms with Crippen LogP contribution in [0.25, 0.3) is 33.1 Å². The molecule has 4 aromatic rings. The molecular formula is C18H13ClN2. The molecular weight excluding hydrogens is 280 g/mol. The predicted molar refractivity (Wildman–Crippen MR) is 88.7 cm³/mol. The molecule has 0 saturated heterocycles. The van der Waals surface area contributed by atoms with Gasteiger partial charge in [-0.1, -0.05) is 41.9 Å². The Morgan fingerprint density at radius 2 is 1.67 bits per heavy atom. The highest BCUT2D eigenvalue weighted by Gasteiger charge is 2.12. The maximum atomic E-state index is 6.00. The first-order valence-corrected chi connectivity index (χ1v) is 7.21. The summed E-state index contributed by atoms with van der Waals surface area (Å²) < 4.78 is 2.12. The molecule has 0 fully saturated rings. The molecule has 2 aromatic heterocycles. The molecule has 0 bridgehead atoms. The van der Waals surface area contributed by atoms with Crippen molar-refractivity contribution in [3.63, 3.8) is 0 Å². The van der Waals surface area contributed by atoms with Crippen LogP contribution < -0.4 is 0 Å². The number of rotatable bonds is 1. The average Bonchev–Trinajstić information content (AvgIpc) is 2.90. The van der Waals surface area contributed by atoms with Crippen molar-refractivity contribution >= 4 is 33.4 Å². The highest BCUT2D eigenvalue weighted by Crippen LogP contribution is 2.33. The molecule has 102 valence electrons. The normalized spacial score (nSPS) is 11.3. The van der Waals surface area contributed by atoms with Gasteiger partial charge in [0, 0.05) is 34.6 Å². The zero-order chi connectivity index (χ0) is 14.4. The fraction of sp³-hybridized carbons (Fsp3) is 0.0556. The van der Waals surface area contributed by atoms with E-state index in [1.807, 2.05) is 30.3 Å². The second kappa shape index (κ2) is 4.61. The monoisotopic (exact) mass is 292 g/mol. The van der Waals surface area contributed by atoms with Crippen molar-refractivity contribution < 1.29 is 0 Å². The van der Waals surface area contributed by atoms with Crippen LogP contribution in [-0.2, 0) is 7.05 Å². The molecule has 2 aromatic carbocycles. The number of pyridine rings is 1. The largest absolute Gasteiger partial charge is 0.349 e. The Hall–Kier alpha value is -2.32. The maximum absolute atomic E-state index is 6.00. The summed E-state index contributed by atoms with van der Waals surface area (Å²) >= 11 is 6.00. The molecule has 0 radical (unpaired) electrons. The van der Waals surface area contributed by atoms with Gasteiger partial charge in [0.1, 0.15) is 0 Å². The molecule has 2 heterocycles. The van der Waals surface area contributed by atoms with Crippen LogP contribution in [0.3, 0.4) is 0 Å². The highest BCUT2D eigenvalue weighted by molar-refractivity contribution is 6.30. The molecule has 0 saturated carbocycles. The van der Waals surface area contributed by atoms with Crippen LogP contribution in [-0.4, -0.2) is 9.55 Å². The first-order valence-electron chi connectivity index (χ1n) is 6.84. The molecule has 0 unspecified atom stereocenters. The number of halogens is 1. The summed E-state index contributed by atoms with van der Waals surface area (Å²) in [6.45, 7) is 0. The Morgan fingerprint density at radius 1 is 0.905 bits per heavy atom. The van der Waals surface area contributed by atoms with E-state index in [9.17, 15) is 0 Å². The van der Waals surface area contributed by atoms with Crippen molar-refractivity contribution in [2.24, 2.45) is 7.05 Å². The number of benzene rings is 2. The fourth-order valence-electron chi connectivity index (χ4n) is 2.82. The summed E-state index contributed by atoms with van der Waals surface area (Å²) in [5.41, 5.74) is 4.24. The Balaban J connectivity index is 2.15. The second-order valence-electron chi connectivity index (χ2n) is 5.17. The molecule has 0 spiro atoms. The number of hydrogen-bond acceptors (Lipinski definition) is 1. The Kier molecular flexibility index (Phi) is 2.72. The lowest BCUT2D eigenvalue weighted by atomic mass is 10.1. The van der Waals surface area contributed by atoms with Crippen molar-refractivity contribution in [2.45, 2.75) is 0 Å². The zero-order valence-electron chi connectivity index (χ0n) is 11.5. The molecule has 0 aliphatic carbocycles. The van der Waals surface area contributed by atoms with Crippen LogP contribution in [0.5, 0.6) is 0 Å². The molecule has 0 atom stereocenters. The summed E-state index contributed by atoms with van der Waals surface area (Å²) in [7, 11) is 2.05. The topological polar surface area (TPSA) is 17.8 Å². The maximum Gasteiger partial charge on any atom is 0.0952 e. The van der Waals surface area contributed by atoms with E-state index in [2.05, 4.69) is 42.1 Å². The number of aryl methyl sites for hydroxylation is 1. The van der Waals surface area contributed by atoms with Crippen molar-refractivity contribution in [1.82, 2.24) is 9.55 Å². The lowest BCUT2D eigenvalue weighted by Gasteiger charge is -2.09. The average molecular weight is 293 g/mol. The van der Waals surface area contributed by atoms with Crippen LogP contribution in [0.2, 0.25) is 5.02 Å². The van der Waals surface area contributed by atoms with E-state index >= 15 is 0 Å². The van der Waals surface area contributed by atoms with Gasteiger partial charge in [0.2, 0.25) is 0 Å². The van der Waals surface area contributed by atoms with Gasteiger partial charge in [0.15, 0.2) is 0 Å². The van der Waals surface area contributed by atoms with E-state index in [1.165, 1.54) is 10.8 Å². The number of aromatic nitrogens is 2. The van der Waals surface area contributed by atoms with Gasteiger partial charge in [-0.05, 0) is 24.3 Å². The van der Waals surface area contributed by atoms with E-state index in [0.29, 0.717) is 0 Å². The number of hydrogen-bond donors (Lipinski definition) is 0. The van der Waals surface area contributed by atoms with Gasteiger partial charge in [-0.2, -0.15) is 0 Å². The molecule has 0 aliphatic heterocycles. The number of fused-ring (bicyclic) bond motifs is 3. The smallest absolute Gasteiger partial charge is 0.0952 e. The van der Waals surface area contributed by atoms with Gasteiger partial charge in [0.25, 0.3) is 0 Å². The van der Waals surface area contributed by atoms with Crippen molar-refractivity contribution in [2.75, 3.05) is 0 Å². The molecule has 4 rings (SSSR count). The molecule has 3 heteroatoms. The SMILES string of the molecule is Cn1ccc2c3ccccc3nc(-c3ccc(Cl)cc3)c21. The summed E-state index contributed by atoms with van der Waals surface area (Å²) in [5, 5.41) is 3.15. The Bertz CT molecular complexity index is 952. The van der Waals surface area contributed by atoms with Gasteiger partial charge < -0.3 is 4.57 Å². The summed E-state index contributed by atoms with van der Waals surface area (Å²) in [6, 6.07) is 18.3. The van der Waals surface area contributed by atoms with Crippen LogP contribution in [0.4, 0.5) is 0 Å². The molecule has 0 N–H and O–H groups in total. The van der Waals surface area contributed by atoms with E-state index in [4.69, 9.17) is 16.6 Å². The highest BCUT2D eigenvalue weighted by atomic mass is 35.5. The number of nitrogens with zero attached hydrogens (tertiary/aromatic N) is 2. The third-order valence-corrected chi connectivity index (χ3v) is 4.09. The lowest BCUT2D eigenvalue weighted by molar-refractivity contribution is 0.967. The molecule has 0 amide bonds. The van der Waals surface area contributed by atoms with Gasteiger partial charge in [0.05, 0.1) is 16.7 Å². The quantitative estimate of drug-likeness (QED) is 0.480. The van der Waals surface area contributed by atoms with Crippen molar-refractivity contribution in [3.05, 3.63) is 65.8 Å². The minimum atomic E-state index is 0.739. The van der Waals surface area contributed by atoms with Gasteiger partial charge in [-0.3, -0.25) is 0 Å². The van der Waals surface area contributed by atoms with E-state index in [0.717, 1.165) is 27.3 Å². The predicted octanol–water partition coefficient (Wildman–Crippen LogP) is 5.05. The van der Waals surface area contributed by atoms with E-state index in [1.54, 1.807) is 0 Å². The lowest BCUT2D eigenvalue weighted by Crippen LogP contribution is -1.93. The van der Waals surface area contributed by atoms with Gasteiger partial charge in [-0.25, -0.2) is 4.98 Å². The molecule has 2 nitrogen and oxygen atoms in total. The fourth-order valence-corrected chi connectivity index (χ4v) is 2.95. The standard InChI is InChI=1S/C18H13ClN2/c1-21-11-10-15-14-4-2-3-5-16(14)20-17(18(15)21)12-6-8-13(19)9-7-12/h2-11H,1H3. The first kappa shape index (κ1) is 12.4. The van der Waals surface area contributed by atoms with Crippen molar-refractivity contribution in [1.29, 1.82) is 0 Å². The third-order valence-electron chi connectivity index (χ3n) is 3.84. The molecule has 0 aliphatic rings. The van der Waals surface area contributed by atoms with Crippen LogP contribution >= 0.6 is 11.6 Å². The van der Waals surface area contributed by atoms with Crippen molar-refractivity contribution in [3.8, 4) is 11.3 Å². The Labute approximate surface area is 127 Å². The third kappa shape index (κ3) is 1.91. The second-order valence-corrected chi connectivity index (χ2v) is 5.61. The summed E-state index contributed by atoms with van der Waals surface area (Å²) in [5.74, 6) is 0. The van der Waals surface area contributed by atoms with Gasteiger partial charge in [-0.15, -0.1) is 0 Å². The number of para-hydroxylation sites is 1. The molecule has 21 heavy (non-hydrogen) atoms. The summed E-state index contributed by atoms with van der Waals surface area (Å²) in [6.07, 6.45) is 2.08. The van der Waals surface area contributed by atoms with E-state index < -0.39 is 0 Å².